The van der Waals surface area contributed by atoms with Crippen LogP contribution < -0.4 is 10.3 Å². The van der Waals surface area contributed by atoms with Gasteiger partial charge in [-0.05, 0) is 49.1 Å². The Hall–Kier alpha value is -1.98. The second kappa shape index (κ2) is 6.88. The number of rotatable bonds is 6. The molecule has 0 aliphatic heterocycles. The van der Waals surface area contributed by atoms with Gasteiger partial charge in [-0.15, -0.1) is 0 Å². The molecule has 2 saturated carbocycles. The van der Waals surface area contributed by atoms with Crippen molar-refractivity contribution < 1.29 is 13.5 Å². The molecule has 27 heavy (non-hydrogen) atoms. The molecule has 1 aromatic carbocycles. The summed E-state index contributed by atoms with van der Waals surface area (Å²) in [5, 5.41) is 0. The van der Waals surface area contributed by atoms with Gasteiger partial charge in [0, 0.05) is 12.0 Å². The quantitative estimate of drug-likeness (QED) is 0.782. The average Bonchev–Trinajstić information content (AvgIpc) is 3.33. The van der Waals surface area contributed by atoms with Crippen molar-refractivity contribution in [3.63, 3.8) is 0 Å². The number of nitrogens with zero attached hydrogens (tertiary/aromatic N) is 1. The Labute approximate surface area is 157 Å². The molecule has 1 N–H and O–H groups in total. The predicted molar refractivity (Wildman–Crippen MR) is 100 cm³/mol. The third-order valence-corrected chi connectivity index (χ3v) is 6.55. The molecule has 1 heterocycles. The van der Waals surface area contributed by atoms with E-state index in [-0.39, 0.29) is 5.92 Å². The molecule has 2 fully saturated rings. The summed E-state index contributed by atoms with van der Waals surface area (Å²) in [6, 6.07) is 4.84. The molecule has 4 nitrogen and oxygen atoms in total. The topological polar surface area (TPSA) is 55.0 Å². The molecule has 4 rings (SSSR count). The summed E-state index contributed by atoms with van der Waals surface area (Å²) in [6.45, 7) is 2.27. The number of methoxy groups -OCH3 is 1. The zero-order valence-electron chi connectivity index (χ0n) is 15.8. The second-order valence-corrected chi connectivity index (χ2v) is 8.27. The van der Waals surface area contributed by atoms with Crippen molar-refractivity contribution in [1.29, 1.82) is 0 Å². The summed E-state index contributed by atoms with van der Waals surface area (Å²) in [5.41, 5.74) is -0.707. The largest absolute Gasteiger partial charge is 0.497 e. The molecule has 146 valence electrons. The lowest BCUT2D eigenvalue weighted by molar-refractivity contribution is -0.0398. The molecule has 2 aliphatic carbocycles. The SMILES string of the molecule is COc1ccc2nc(C(F)(F)C3CC3CC[C@H]3CCCC3C)c(=O)[nH]c2c1. The van der Waals surface area contributed by atoms with E-state index in [0.29, 0.717) is 35.0 Å². The third-order valence-electron chi connectivity index (χ3n) is 6.55. The Morgan fingerprint density at radius 2 is 2.04 bits per heavy atom. The second-order valence-electron chi connectivity index (χ2n) is 8.27. The Balaban J connectivity index is 1.50. The number of nitrogens with one attached hydrogen (secondary N) is 1. The van der Waals surface area contributed by atoms with Crippen molar-refractivity contribution in [1.82, 2.24) is 9.97 Å². The van der Waals surface area contributed by atoms with E-state index in [2.05, 4.69) is 16.9 Å². The van der Waals surface area contributed by atoms with E-state index in [4.69, 9.17) is 4.74 Å². The smallest absolute Gasteiger partial charge is 0.298 e. The average molecular weight is 376 g/mol. The Morgan fingerprint density at radius 1 is 1.26 bits per heavy atom. The zero-order valence-corrected chi connectivity index (χ0v) is 15.8. The third kappa shape index (κ3) is 3.46. The van der Waals surface area contributed by atoms with Crippen molar-refractivity contribution in [3.8, 4) is 5.75 Å². The number of hydrogen-bond donors (Lipinski definition) is 1. The van der Waals surface area contributed by atoms with Crippen molar-refractivity contribution in [2.75, 3.05) is 7.11 Å². The van der Waals surface area contributed by atoms with Crippen LogP contribution >= 0.6 is 0 Å². The van der Waals surface area contributed by atoms with Crippen molar-refractivity contribution in [3.05, 3.63) is 34.2 Å². The van der Waals surface area contributed by atoms with Crippen LogP contribution in [0, 0.1) is 23.7 Å². The molecule has 3 unspecified atom stereocenters. The van der Waals surface area contributed by atoms with Gasteiger partial charge in [-0.25, -0.2) is 4.98 Å². The van der Waals surface area contributed by atoms with E-state index in [1.165, 1.54) is 26.4 Å². The molecule has 6 heteroatoms. The fourth-order valence-electron chi connectivity index (χ4n) is 4.68. The summed E-state index contributed by atoms with van der Waals surface area (Å²) in [4.78, 5) is 18.8. The number of fused-ring (bicyclic) bond motifs is 1. The van der Waals surface area contributed by atoms with Crippen LogP contribution in [0.5, 0.6) is 5.75 Å². The van der Waals surface area contributed by atoms with Crippen LogP contribution in [-0.4, -0.2) is 17.1 Å². The van der Waals surface area contributed by atoms with Gasteiger partial charge in [0.25, 0.3) is 11.5 Å². The molecule has 0 amide bonds. The van der Waals surface area contributed by atoms with Crippen LogP contribution in [-0.2, 0) is 5.92 Å². The van der Waals surface area contributed by atoms with E-state index in [9.17, 15) is 13.6 Å². The molecule has 1 aromatic heterocycles. The summed E-state index contributed by atoms with van der Waals surface area (Å²) in [5.74, 6) is -2.02. The number of aromatic nitrogens is 2. The van der Waals surface area contributed by atoms with Crippen LogP contribution in [0.2, 0.25) is 0 Å². The molecule has 2 aliphatic rings. The van der Waals surface area contributed by atoms with Gasteiger partial charge in [-0.2, -0.15) is 8.78 Å². The summed E-state index contributed by atoms with van der Waals surface area (Å²) in [6.07, 6.45) is 6.09. The van der Waals surface area contributed by atoms with Gasteiger partial charge < -0.3 is 9.72 Å². The number of H-pyrrole nitrogens is 1. The highest BCUT2D eigenvalue weighted by Crippen LogP contribution is 2.56. The molecule has 2 aromatic rings. The maximum Gasteiger partial charge on any atom is 0.298 e. The van der Waals surface area contributed by atoms with Crippen LogP contribution in [0.4, 0.5) is 8.78 Å². The van der Waals surface area contributed by atoms with Crippen LogP contribution in [0.15, 0.2) is 23.0 Å². The van der Waals surface area contributed by atoms with Crippen molar-refractivity contribution in [2.45, 2.75) is 51.4 Å². The van der Waals surface area contributed by atoms with Gasteiger partial charge in [0.2, 0.25) is 0 Å². The van der Waals surface area contributed by atoms with Gasteiger partial charge in [0.15, 0.2) is 5.69 Å². The van der Waals surface area contributed by atoms with E-state index in [1.807, 2.05) is 0 Å². The normalized spacial score (nSPS) is 27.9. The van der Waals surface area contributed by atoms with Crippen molar-refractivity contribution in [2.24, 2.45) is 23.7 Å². The molecule has 0 saturated heterocycles. The Bertz CT molecular complexity index is 895. The molecule has 0 radical (unpaired) electrons. The highest BCUT2D eigenvalue weighted by molar-refractivity contribution is 5.75. The summed E-state index contributed by atoms with van der Waals surface area (Å²) < 4.78 is 35.1. The number of benzene rings is 1. The van der Waals surface area contributed by atoms with Gasteiger partial charge in [-0.3, -0.25) is 4.79 Å². The van der Waals surface area contributed by atoms with E-state index in [1.54, 1.807) is 18.2 Å². The molecule has 4 atom stereocenters. The highest BCUT2D eigenvalue weighted by atomic mass is 19.3. The number of aromatic amines is 1. The number of ether oxygens (including phenoxy) is 1. The number of hydrogen-bond acceptors (Lipinski definition) is 3. The lowest BCUT2D eigenvalue weighted by atomic mass is 9.91. The summed E-state index contributed by atoms with van der Waals surface area (Å²) >= 11 is 0. The first-order valence-corrected chi connectivity index (χ1v) is 9.86. The first-order valence-electron chi connectivity index (χ1n) is 9.86. The van der Waals surface area contributed by atoms with Gasteiger partial charge in [0.05, 0.1) is 18.1 Å². The molecule has 0 spiro atoms. The van der Waals surface area contributed by atoms with Crippen LogP contribution in [0.3, 0.4) is 0 Å². The Morgan fingerprint density at radius 3 is 2.74 bits per heavy atom. The van der Waals surface area contributed by atoms with Gasteiger partial charge in [-0.1, -0.05) is 26.2 Å². The first-order chi connectivity index (χ1) is 12.9. The molecule has 0 bridgehead atoms. The van der Waals surface area contributed by atoms with E-state index >= 15 is 0 Å². The van der Waals surface area contributed by atoms with Gasteiger partial charge >= 0.3 is 0 Å². The van der Waals surface area contributed by atoms with E-state index in [0.717, 1.165) is 12.8 Å². The fourth-order valence-corrected chi connectivity index (χ4v) is 4.68. The van der Waals surface area contributed by atoms with Crippen LogP contribution in [0.1, 0.15) is 51.1 Å². The maximum atomic E-state index is 15.0. The fraction of sp³-hybridized carbons (Fsp3) is 0.619. The van der Waals surface area contributed by atoms with E-state index < -0.39 is 23.1 Å². The standard InChI is InChI=1S/C21H26F2N2O2/c1-12-4-3-5-13(12)6-7-14-10-16(14)21(22,23)19-20(26)25-18-11-15(27-2)8-9-17(18)24-19/h8-9,11-14,16H,3-7,10H2,1-2H3,(H,25,26)/t12?,13-,14?,16?/m1/s1. The zero-order chi connectivity index (χ0) is 19.2. The lowest BCUT2D eigenvalue weighted by Crippen LogP contribution is -2.29. The predicted octanol–water partition coefficient (Wildman–Crippen LogP) is 4.88. The van der Waals surface area contributed by atoms with Crippen molar-refractivity contribution >= 4 is 11.0 Å². The maximum absolute atomic E-state index is 15.0. The molecular formula is C21H26F2N2O2. The minimum Gasteiger partial charge on any atom is -0.497 e. The van der Waals surface area contributed by atoms with Crippen LogP contribution in [0.25, 0.3) is 11.0 Å². The minimum absolute atomic E-state index is 0.000523. The summed E-state index contributed by atoms with van der Waals surface area (Å²) in [7, 11) is 1.51. The highest BCUT2D eigenvalue weighted by Gasteiger charge is 2.57. The lowest BCUT2D eigenvalue weighted by Gasteiger charge is -2.17. The number of halogens is 2. The number of alkyl halides is 2. The minimum atomic E-state index is -3.19. The van der Waals surface area contributed by atoms with Gasteiger partial charge in [0.1, 0.15) is 5.75 Å². The monoisotopic (exact) mass is 376 g/mol. The molecular weight excluding hydrogens is 350 g/mol. The Kier molecular flexibility index (Phi) is 4.68. The first kappa shape index (κ1) is 18.4.